The molecule has 2 aromatic rings. The van der Waals surface area contributed by atoms with Crippen LogP contribution in [0.25, 0.3) is 0 Å². The third-order valence-corrected chi connectivity index (χ3v) is 3.44. The summed E-state index contributed by atoms with van der Waals surface area (Å²) in [6.07, 6.45) is 2.17. The summed E-state index contributed by atoms with van der Waals surface area (Å²) in [5.74, 6) is -0.0489. The van der Waals surface area contributed by atoms with E-state index >= 15 is 0 Å². The maximum Gasteiger partial charge on any atom is 0.225 e. The van der Waals surface area contributed by atoms with Crippen molar-refractivity contribution in [3.05, 3.63) is 41.6 Å². The van der Waals surface area contributed by atoms with E-state index in [1.807, 2.05) is 20.8 Å². The van der Waals surface area contributed by atoms with Crippen LogP contribution in [0.15, 0.2) is 24.3 Å². The van der Waals surface area contributed by atoms with Gasteiger partial charge in [0.1, 0.15) is 23.1 Å². The number of hydrogen-bond donors (Lipinski definition) is 2. The van der Waals surface area contributed by atoms with Crippen molar-refractivity contribution in [2.24, 2.45) is 0 Å². The number of rotatable bonds is 4. The molecule has 0 spiro atoms. The lowest BCUT2D eigenvalue weighted by atomic mass is 10.1. The van der Waals surface area contributed by atoms with Crippen LogP contribution in [0.3, 0.4) is 0 Å². The first-order valence-corrected chi connectivity index (χ1v) is 7.70. The average Bonchev–Trinajstić information content (AvgIpc) is 3.25. The van der Waals surface area contributed by atoms with Gasteiger partial charge < -0.3 is 10.6 Å². The standard InChI is InChI=1S/C17H20F2N4/c1-17(2,3)23-16-20-13(10-7-8-10)9-14(22-16)21-15-11(18)5-4-6-12(15)19/h4-6,9-10H,7-8H2,1-3H3,(H2,20,21,22,23). The van der Waals surface area contributed by atoms with Crippen LogP contribution in [0.5, 0.6) is 0 Å². The normalized spacial score (nSPS) is 14.7. The average molecular weight is 318 g/mol. The molecule has 0 unspecified atom stereocenters. The molecular formula is C17H20F2N4. The number of nitrogens with one attached hydrogen (secondary N) is 2. The molecule has 23 heavy (non-hydrogen) atoms. The van der Waals surface area contributed by atoms with E-state index in [4.69, 9.17) is 0 Å². The molecule has 122 valence electrons. The molecule has 1 fully saturated rings. The van der Waals surface area contributed by atoms with Crippen LogP contribution >= 0.6 is 0 Å². The second kappa shape index (κ2) is 5.76. The summed E-state index contributed by atoms with van der Waals surface area (Å²) in [6.45, 7) is 6.01. The Morgan fingerprint density at radius 1 is 1.09 bits per heavy atom. The highest BCUT2D eigenvalue weighted by Gasteiger charge is 2.27. The van der Waals surface area contributed by atoms with Gasteiger partial charge in [0.05, 0.1) is 5.69 Å². The minimum absolute atomic E-state index is 0.199. The Bertz CT molecular complexity index is 701. The Balaban J connectivity index is 1.94. The molecule has 1 heterocycles. The molecule has 0 saturated heterocycles. The van der Waals surface area contributed by atoms with Gasteiger partial charge in [-0.3, -0.25) is 0 Å². The summed E-state index contributed by atoms with van der Waals surface area (Å²) >= 11 is 0. The first kappa shape index (κ1) is 15.6. The van der Waals surface area contributed by atoms with Crippen LogP contribution in [0, 0.1) is 11.6 Å². The quantitative estimate of drug-likeness (QED) is 0.866. The van der Waals surface area contributed by atoms with Gasteiger partial charge in [-0.25, -0.2) is 13.8 Å². The fourth-order valence-corrected chi connectivity index (χ4v) is 2.25. The van der Waals surface area contributed by atoms with Crippen LogP contribution in [-0.4, -0.2) is 15.5 Å². The summed E-state index contributed by atoms with van der Waals surface area (Å²) < 4.78 is 27.6. The van der Waals surface area contributed by atoms with E-state index in [0.29, 0.717) is 17.7 Å². The summed E-state index contributed by atoms with van der Waals surface area (Å²) in [4.78, 5) is 8.86. The fourth-order valence-electron chi connectivity index (χ4n) is 2.25. The van der Waals surface area contributed by atoms with Gasteiger partial charge in [-0.1, -0.05) is 6.07 Å². The van der Waals surface area contributed by atoms with E-state index < -0.39 is 11.6 Å². The first-order valence-electron chi connectivity index (χ1n) is 7.70. The molecule has 0 atom stereocenters. The number of benzene rings is 1. The Labute approximate surface area is 134 Å². The van der Waals surface area contributed by atoms with E-state index in [0.717, 1.165) is 18.5 Å². The molecule has 1 aromatic heterocycles. The molecule has 1 aromatic carbocycles. The molecule has 0 aliphatic heterocycles. The molecular weight excluding hydrogens is 298 g/mol. The van der Waals surface area contributed by atoms with Gasteiger partial charge in [0.2, 0.25) is 5.95 Å². The summed E-state index contributed by atoms with van der Waals surface area (Å²) in [5, 5.41) is 5.96. The summed E-state index contributed by atoms with van der Waals surface area (Å²) in [7, 11) is 0. The van der Waals surface area contributed by atoms with E-state index in [1.54, 1.807) is 6.07 Å². The van der Waals surface area contributed by atoms with Crippen LogP contribution in [-0.2, 0) is 0 Å². The van der Waals surface area contributed by atoms with Crippen LogP contribution in [0.4, 0.5) is 26.2 Å². The van der Waals surface area contributed by atoms with Crippen molar-refractivity contribution in [2.45, 2.75) is 45.1 Å². The minimum Gasteiger partial charge on any atom is -0.350 e. The zero-order valence-corrected chi connectivity index (χ0v) is 13.5. The Morgan fingerprint density at radius 2 is 1.74 bits per heavy atom. The van der Waals surface area contributed by atoms with Crippen LogP contribution in [0.1, 0.15) is 45.2 Å². The van der Waals surface area contributed by atoms with Gasteiger partial charge in [0.15, 0.2) is 0 Å². The largest absolute Gasteiger partial charge is 0.350 e. The van der Waals surface area contributed by atoms with Gasteiger partial charge >= 0.3 is 0 Å². The molecule has 1 saturated carbocycles. The lowest BCUT2D eigenvalue weighted by Crippen LogP contribution is -2.27. The second-order valence-electron chi connectivity index (χ2n) is 6.87. The highest BCUT2D eigenvalue weighted by atomic mass is 19.1. The monoisotopic (exact) mass is 318 g/mol. The van der Waals surface area contributed by atoms with E-state index in [-0.39, 0.29) is 11.2 Å². The number of halogens is 2. The third-order valence-electron chi connectivity index (χ3n) is 3.44. The molecule has 1 aliphatic rings. The van der Waals surface area contributed by atoms with E-state index in [1.165, 1.54) is 18.2 Å². The third kappa shape index (κ3) is 3.94. The molecule has 0 amide bonds. The smallest absolute Gasteiger partial charge is 0.225 e. The van der Waals surface area contributed by atoms with Crippen molar-refractivity contribution < 1.29 is 8.78 Å². The maximum atomic E-state index is 13.8. The number of aromatic nitrogens is 2. The summed E-state index contributed by atoms with van der Waals surface area (Å²) in [5.41, 5.74) is 0.489. The van der Waals surface area contributed by atoms with Gasteiger partial charge in [-0.2, -0.15) is 4.98 Å². The van der Waals surface area contributed by atoms with Crippen molar-refractivity contribution in [3.8, 4) is 0 Å². The van der Waals surface area contributed by atoms with Gasteiger partial charge in [-0.15, -0.1) is 0 Å². The lowest BCUT2D eigenvalue weighted by molar-refractivity contribution is 0.590. The zero-order valence-electron chi connectivity index (χ0n) is 13.5. The SMILES string of the molecule is CC(C)(C)Nc1nc(Nc2c(F)cccc2F)cc(C2CC2)n1. The van der Waals surface area contributed by atoms with E-state index in [9.17, 15) is 8.78 Å². The summed E-state index contributed by atoms with van der Waals surface area (Å²) in [6, 6.07) is 5.51. The number of nitrogens with zero attached hydrogens (tertiary/aromatic N) is 2. The molecule has 6 heteroatoms. The molecule has 0 bridgehead atoms. The van der Waals surface area contributed by atoms with Gasteiger partial charge in [-0.05, 0) is 45.7 Å². The molecule has 3 rings (SSSR count). The van der Waals surface area contributed by atoms with Crippen molar-refractivity contribution in [1.82, 2.24) is 9.97 Å². The minimum atomic E-state index is -0.651. The number of hydrogen-bond acceptors (Lipinski definition) is 4. The second-order valence-corrected chi connectivity index (χ2v) is 6.87. The van der Waals surface area contributed by atoms with E-state index in [2.05, 4.69) is 20.6 Å². The zero-order chi connectivity index (χ0) is 16.6. The molecule has 1 aliphatic carbocycles. The van der Waals surface area contributed by atoms with Crippen molar-refractivity contribution in [1.29, 1.82) is 0 Å². The van der Waals surface area contributed by atoms with Crippen LogP contribution in [0.2, 0.25) is 0 Å². The fraction of sp³-hybridized carbons (Fsp3) is 0.412. The Morgan fingerprint density at radius 3 is 2.30 bits per heavy atom. The molecule has 2 N–H and O–H groups in total. The molecule has 4 nitrogen and oxygen atoms in total. The van der Waals surface area contributed by atoms with Crippen molar-refractivity contribution in [3.63, 3.8) is 0 Å². The Hall–Kier alpha value is -2.24. The predicted molar refractivity (Wildman–Crippen MR) is 87.0 cm³/mol. The number of para-hydroxylation sites is 1. The maximum absolute atomic E-state index is 13.8. The first-order chi connectivity index (χ1) is 10.8. The highest BCUT2D eigenvalue weighted by molar-refractivity contribution is 5.59. The van der Waals surface area contributed by atoms with Crippen LogP contribution < -0.4 is 10.6 Å². The number of anilines is 3. The topological polar surface area (TPSA) is 49.8 Å². The van der Waals surface area contributed by atoms with Crippen molar-refractivity contribution >= 4 is 17.5 Å². The Kier molecular flexibility index (Phi) is 3.92. The van der Waals surface area contributed by atoms with Gasteiger partial charge in [0.25, 0.3) is 0 Å². The molecule has 0 radical (unpaired) electrons. The van der Waals surface area contributed by atoms with Crippen molar-refractivity contribution in [2.75, 3.05) is 10.6 Å². The predicted octanol–water partition coefficient (Wildman–Crippen LogP) is 4.59. The highest BCUT2D eigenvalue weighted by Crippen LogP contribution is 2.40. The van der Waals surface area contributed by atoms with Gasteiger partial charge in [0, 0.05) is 17.5 Å². The lowest BCUT2D eigenvalue weighted by Gasteiger charge is -2.21.